The highest BCUT2D eigenvalue weighted by Gasteiger charge is 2.12. The Morgan fingerprint density at radius 3 is 2.73 bits per heavy atom. The summed E-state index contributed by atoms with van der Waals surface area (Å²) in [6.45, 7) is 2.05. The smallest absolute Gasteiger partial charge is 0.229 e. The third kappa shape index (κ3) is 2.95. The van der Waals surface area contributed by atoms with E-state index in [1.165, 1.54) is 0 Å². The highest BCUT2D eigenvalue weighted by molar-refractivity contribution is 6.31. The van der Waals surface area contributed by atoms with Crippen LogP contribution in [0.5, 0.6) is 0 Å². The van der Waals surface area contributed by atoms with Crippen LogP contribution < -0.4 is 10.6 Å². The average molecular weight is 365 g/mol. The number of hydrogen-bond acceptors (Lipinski definition) is 5. The van der Waals surface area contributed by atoms with Crippen molar-refractivity contribution in [3.05, 3.63) is 65.7 Å². The number of rotatable bonds is 4. The Morgan fingerprint density at radius 2 is 1.92 bits per heavy atom. The molecule has 130 valence electrons. The monoisotopic (exact) mass is 364 g/mol. The van der Waals surface area contributed by atoms with Crippen molar-refractivity contribution in [3.63, 3.8) is 0 Å². The predicted molar refractivity (Wildman–Crippen MR) is 106 cm³/mol. The van der Waals surface area contributed by atoms with E-state index in [4.69, 9.17) is 11.6 Å². The second kappa shape index (κ2) is 6.65. The van der Waals surface area contributed by atoms with Crippen molar-refractivity contribution < 1.29 is 0 Å². The van der Waals surface area contributed by atoms with E-state index in [1.807, 2.05) is 31.3 Å². The van der Waals surface area contributed by atoms with Gasteiger partial charge in [0.05, 0.1) is 11.2 Å². The van der Waals surface area contributed by atoms with Gasteiger partial charge in [0.15, 0.2) is 5.15 Å². The van der Waals surface area contributed by atoms with Crippen LogP contribution in [0.3, 0.4) is 0 Å². The van der Waals surface area contributed by atoms with Gasteiger partial charge in [-0.2, -0.15) is 4.98 Å². The molecule has 0 saturated heterocycles. The minimum Gasteiger partial charge on any atom is -0.373 e. The van der Waals surface area contributed by atoms with Crippen molar-refractivity contribution >= 4 is 40.0 Å². The summed E-state index contributed by atoms with van der Waals surface area (Å²) in [7, 11) is 1.82. The molecular weight excluding hydrogens is 348 g/mol. The minimum absolute atomic E-state index is 0.469. The van der Waals surface area contributed by atoms with Crippen molar-refractivity contribution in [2.75, 3.05) is 17.7 Å². The third-order valence-corrected chi connectivity index (χ3v) is 4.43. The van der Waals surface area contributed by atoms with Crippen molar-refractivity contribution in [3.8, 4) is 5.69 Å². The first-order valence-corrected chi connectivity index (χ1v) is 8.54. The van der Waals surface area contributed by atoms with Gasteiger partial charge in [-0.1, -0.05) is 17.7 Å². The van der Waals surface area contributed by atoms with Gasteiger partial charge in [0, 0.05) is 36.2 Å². The molecule has 0 amide bonds. The molecule has 3 heterocycles. The Morgan fingerprint density at radius 1 is 1.04 bits per heavy atom. The number of aryl methyl sites for hydroxylation is 1. The molecule has 7 heteroatoms. The molecule has 4 rings (SSSR count). The number of aromatic nitrogens is 4. The molecule has 0 aliphatic heterocycles. The number of fused-ring (bicyclic) bond motifs is 1. The van der Waals surface area contributed by atoms with Crippen molar-refractivity contribution in [1.82, 2.24) is 19.5 Å². The molecule has 0 fully saturated rings. The number of hydrogen-bond donors (Lipinski definition) is 2. The fourth-order valence-corrected chi connectivity index (χ4v) is 3.17. The molecule has 2 N–H and O–H groups in total. The van der Waals surface area contributed by atoms with E-state index >= 15 is 0 Å². The van der Waals surface area contributed by atoms with Gasteiger partial charge in [0.25, 0.3) is 0 Å². The Bertz CT molecular complexity index is 1090. The molecule has 0 unspecified atom stereocenters. The van der Waals surface area contributed by atoms with Gasteiger partial charge in [-0.15, -0.1) is 0 Å². The summed E-state index contributed by atoms with van der Waals surface area (Å²) in [5, 5.41) is 7.85. The number of benzene rings is 1. The van der Waals surface area contributed by atoms with E-state index in [-0.39, 0.29) is 0 Å². The molecule has 4 aromatic rings. The molecule has 0 aliphatic rings. The summed E-state index contributed by atoms with van der Waals surface area (Å²) in [5.41, 5.74) is 3.87. The fourth-order valence-electron chi connectivity index (χ4n) is 2.97. The standard InChI is InChI=1S/C19H17ClN6/c1-12-10-13-5-6-14(24-19-23-9-7-17(21-2)25-19)11-16(13)26(12)15-4-3-8-22-18(15)20/h3-11H,1-2H3,(H2,21,23,24,25). The van der Waals surface area contributed by atoms with Gasteiger partial charge >= 0.3 is 0 Å². The van der Waals surface area contributed by atoms with Gasteiger partial charge in [0.2, 0.25) is 5.95 Å². The van der Waals surface area contributed by atoms with Crippen molar-refractivity contribution in [2.24, 2.45) is 0 Å². The van der Waals surface area contributed by atoms with Gasteiger partial charge in [-0.05, 0) is 43.3 Å². The highest BCUT2D eigenvalue weighted by Crippen LogP contribution is 2.29. The number of halogens is 1. The first kappa shape index (κ1) is 16.4. The molecule has 0 spiro atoms. The molecule has 0 bridgehead atoms. The molecule has 0 atom stereocenters. The van der Waals surface area contributed by atoms with E-state index in [0.29, 0.717) is 11.1 Å². The van der Waals surface area contributed by atoms with Gasteiger partial charge < -0.3 is 15.2 Å². The third-order valence-electron chi connectivity index (χ3n) is 4.14. The maximum atomic E-state index is 6.32. The molecular formula is C19H17ClN6. The quantitative estimate of drug-likeness (QED) is 0.519. The SMILES string of the molecule is CNc1ccnc(Nc2ccc3cc(C)n(-c4cccnc4Cl)c3c2)n1. The summed E-state index contributed by atoms with van der Waals surface area (Å²) in [5.74, 6) is 1.29. The lowest BCUT2D eigenvalue weighted by Gasteiger charge is -2.11. The van der Waals surface area contributed by atoms with E-state index in [9.17, 15) is 0 Å². The van der Waals surface area contributed by atoms with Gasteiger partial charge in [-0.25, -0.2) is 9.97 Å². The van der Waals surface area contributed by atoms with Crippen LogP contribution in [0, 0.1) is 6.92 Å². The Balaban J connectivity index is 1.79. The minimum atomic E-state index is 0.469. The lowest BCUT2D eigenvalue weighted by Crippen LogP contribution is -2.01. The first-order chi connectivity index (χ1) is 12.7. The van der Waals surface area contributed by atoms with Crippen LogP contribution in [0.25, 0.3) is 16.6 Å². The van der Waals surface area contributed by atoms with E-state index < -0.39 is 0 Å². The Kier molecular flexibility index (Phi) is 4.18. The number of pyridine rings is 1. The van der Waals surface area contributed by atoms with E-state index in [2.05, 4.69) is 55.3 Å². The van der Waals surface area contributed by atoms with Crippen LogP contribution in [0.2, 0.25) is 5.15 Å². The van der Waals surface area contributed by atoms with Crippen molar-refractivity contribution in [2.45, 2.75) is 6.92 Å². The molecule has 3 aromatic heterocycles. The second-order valence-corrected chi connectivity index (χ2v) is 6.21. The summed E-state index contributed by atoms with van der Waals surface area (Å²) in [4.78, 5) is 12.9. The average Bonchev–Trinajstić information content (AvgIpc) is 2.97. The van der Waals surface area contributed by atoms with Crippen molar-refractivity contribution in [1.29, 1.82) is 0 Å². The summed E-state index contributed by atoms with van der Waals surface area (Å²) in [6, 6.07) is 13.9. The van der Waals surface area contributed by atoms with Crippen LogP contribution in [-0.4, -0.2) is 26.6 Å². The summed E-state index contributed by atoms with van der Waals surface area (Å²) in [6.07, 6.45) is 3.40. The van der Waals surface area contributed by atoms with Crippen LogP contribution in [0.1, 0.15) is 5.69 Å². The zero-order valence-corrected chi connectivity index (χ0v) is 15.1. The lowest BCUT2D eigenvalue weighted by molar-refractivity contribution is 1.04. The van der Waals surface area contributed by atoms with Gasteiger partial charge in [-0.3, -0.25) is 0 Å². The normalized spacial score (nSPS) is 10.9. The fraction of sp³-hybridized carbons (Fsp3) is 0.105. The summed E-state index contributed by atoms with van der Waals surface area (Å²) < 4.78 is 2.10. The maximum Gasteiger partial charge on any atom is 0.229 e. The Labute approximate surface area is 155 Å². The maximum absolute atomic E-state index is 6.32. The predicted octanol–water partition coefficient (Wildman–Crippen LogP) is 4.56. The van der Waals surface area contributed by atoms with E-state index in [1.54, 1.807) is 12.4 Å². The number of anilines is 3. The molecule has 6 nitrogen and oxygen atoms in total. The highest BCUT2D eigenvalue weighted by atomic mass is 35.5. The van der Waals surface area contributed by atoms with Crippen LogP contribution in [0.4, 0.5) is 17.5 Å². The molecule has 26 heavy (non-hydrogen) atoms. The first-order valence-electron chi connectivity index (χ1n) is 8.16. The Hall–Kier alpha value is -3.12. The largest absolute Gasteiger partial charge is 0.373 e. The van der Waals surface area contributed by atoms with Crippen LogP contribution in [0.15, 0.2) is 54.9 Å². The molecule has 1 aromatic carbocycles. The number of nitrogens with zero attached hydrogens (tertiary/aromatic N) is 4. The van der Waals surface area contributed by atoms with Crippen LogP contribution >= 0.6 is 11.6 Å². The lowest BCUT2D eigenvalue weighted by atomic mass is 10.2. The number of nitrogens with one attached hydrogen (secondary N) is 2. The molecule has 0 aliphatic carbocycles. The zero-order chi connectivity index (χ0) is 18.1. The summed E-state index contributed by atoms with van der Waals surface area (Å²) >= 11 is 6.32. The second-order valence-electron chi connectivity index (χ2n) is 5.85. The van der Waals surface area contributed by atoms with Crippen LogP contribution in [-0.2, 0) is 0 Å². The topological polar surface area (TPSA) is 67.7 Å². The van der Waals surface area contributed by atoms with Gasteiger partial charge in [0.1, 0.15) is 5.82 Å². The molecule has 0 radical (unpaired) electrons. The zero-order valence-electron chi connectivity index (χ0n) is 14.4. The molecule has 0 saturated carbocycles. The van der Waals surface area contributed by atoms with E-state index in [0.717, 1.165) is 33.8 Å².